The Bertz CT molecular complexity index is 642. The number of benzene rings is 1. The maximum Gasteiger partial charge on any atom is 0.254 e. The molecule has 0 heterocycles. The predicted molar refractivity (Wildman–Crippen MR) is 84.5 cm³/mol. The van der Waals surface area contributed by atoms with Gasteiger partial charge in [0.25, 0.3) is 5.91 Å². The van der Waals surface area contributed by atoms with Crippen molar-refractivity contribution in [2.75, 3.05) is 6.54 Å². The number of rotatable bonds is 6. The highest BCUT2D eigenvalue weighted by molar-refractivity contribution is 9.10. The van der Waals surface area contributed by atoms with Crippen molar-refractivity contribution < 1.29 is 13.2 Å². The first-order valence-corrected chi connectivity index (χ1v) is 9.31. The standard InChI is InChI=1S/C14H19BrN2O3S/c1-2-3-6-17(12-4-5-12)14(18)10-7-11(15)9-13(8-10)21(16,19)20/h7-9,12H,2-6H2,1H3,(H2,16,19,20). The molecule has 0 atom stereocenters. The quantitative estimate of drug-likeness (QED) is 0.830. The van der Waals surface area contributed by atoms with Gasteiger partial charge in [-0.15, -0.1) is 0 Å². The van der Waals surface area contributed by atoms with Crippen molar-refractivity contribution >= 4 is 31.9 Å². The van der Waals surface area contributed by atoms with Gasteiger partial charge in [0, 0.05) is 22.6 Å². The molecule has 1 aromatic rings. The van der Waals surface area contributed by atoms with E-state index in [9.17, 15) is 13.2 Å². The molecule has 5 nitrogen and oxygen atoms in total. The van der Waals surface area contributed by atoms with E-state index in [0.717, 1.165) is 25.7 Å². The summed E-state index contributed by atoms with van der Waals surface area (Å²) < 4.78 is 23.5. The third-order valence-corrected chi connectivity index (χ3v) is 4.80. The van der Waals surface area contributed by atoms with E-state index < -0.39 is 10.0 Å². The average molecular weight is 375 g/mol. The number of nitrogens with zero attached hydrogens (tertiary/aromatic N) is 1. The van der Waals surface area contributed by atoms with E-state index in [2.05, 4.69) is 22.9 Å². The summed E-state index contributed by atoms with van der Waals surface area (Å²) >= 11 is 3.24. The molecule has 116 valence electrons. The van der Waals surface area contributed by atoms with Crippen molar-refractivity contribution in [3.63, 3.8) is 0 Å². The van der Waals surface area contributed by atoms with Crippen molar-refractivity contribution in [2.24, 2.45) is 5.14 Å². The Balaban J connectivity index is 2.31. The topological polar surface area (TPSA) is 80.5 Å². The highest BCUT2D eigenvalue weighted by Crippen LogP contribution is 2.29. The molecule has 0 radical (unpaired) electrons. The SMILES string of the molecule is CCCCN(C(=O)c1cc(Br)cc(S(N)(=O)=O)c1)C1CC1. The molecule has 2 rings (SSSR count). The van der Waals surface area contributed by atoms with Gasteiger partial charge >= 0.3 is 0 Å². The summed E-state index contributed by atoms with van der Waals surface area (Å²) in [4.78, 5) is 14.4. The highest BCUT2D eigenvalue weighted by atomic mass is 79.9. The lowest BCUT2D eigenvalue weighted by Gasteiger charge is -2.22. The van der Waals surface area contributed by atoms with Crippen molar-refractivity contribution in [2.45, 2.75) is 43.5 Å². The van der Waals surface area contributed by atoms with E-state index in [0.29, 0.717) is 22.6 Å². The van der Waals surface area contributed by atoms with Crippen molar-refractivity contribution in [1.82, 2.24) is 4.90 Å². The number of primary sulfonamides is 1. The number of unbranched alkanes of at least 4 members (excludes halogenated alkanes) is 1. The molecule has 0 bridgehead atoms. The van der Waals surface area contributed by atoms with Crippen LogP contribution in [-0.4, -0.2) is 31.8 Å². The van der Waals surface area contributed by atoms with Crippen LogP contribution in [0.15, 0.2) is 27.6 Å². The minimum absolute atomic E-state index is 0.0496. The number of sulfonamides is 1. The monoisotopic (exact) mass is 374 g/mol. The molecule has 2 N–H and O–H groups in total. The van der Waals surface area contributed by atoms with Crippen LogP contribution in [0.25, 0.3) is 0 Å². The molecule has 0 spiro atoms. The van der Waals surface area contributed by atoms with Crippen LogP contribution in [0, 0.1) is 0 Å². The summed E-state index contributed by atoms with van der Waals surface area (Å²) in [5.74, 6) is -0.128. The van der Waals surface area contributed by atoms with Gasteiger partial charge in [0.1, 0.15) is 0 Å². The van der Waals surface area contributed by atoms with Crippen LogP contribution >= 0.6 is 15.9 Å². The van der Waals surface area contributed by atoms with Crippen LogP contribution in [0.2, 0.25) is 0 Å². The normalized spacial score (nSPS) is 15.0. The second kappa shape index (κ2) is 6.46. The fraction of sp³-hybridized carbons (Fsp3) is 0.500. The lowest BCUT2D eigenvalue weighted by atomic mass is 10.2. The Morgan fingerprint density at radius 3 is 2.57 bits per heavy atom. The molecule has 0 unspecified atom stereocenters. The second-order valence-electron chi connectivity index (χ2n) is 5.30. The van der Waals surface area contributed by atoms with Crippen LogP contribution in [0.1, 0.15) is 43.0 Å². The van der Waals surface area contributed by atoms with Crippen molar-refractivity contribution in [1.29, 1.82) is 0 Å². The van der Waals surface area contributed by atoms with E-state index >= 15 is 0 Å². The van der Waals surface area contributed by atoms with Gasteiger partial charge in [-0.2, -0.15) is 0 Å². The molecule has 1 aliphatic carbocycles. The summed E-state index contributed by atoms with van der Waals surface area (Å²) in [6, 6.07) is 4.68. The van der Waals surface area contributed by atoms with Crippen LogP contribution in [-0.2, 0) is 10.0 Å². The van der Waals surface area contributed by atoms with Crippen molar-refractivity contribution in [3.05, 3.63) is 28.2 Å². The third-order valence-electron chi connectivity index (χ3n) is 3.45. The lowest BCUT2D eigenvalue weighted by Crippen LogP contribution is -2.34. The van der Waals surface area contributed by atoms with Crippen LogP contribution < -0.4 is 5.14 Å². The molecule has 1 aromatic carbocycles. The minimum atomic E-state index is -3.83. The van der Waals surface area contributed by atoms with Gasteiger partial charge in [-0.05, 0) is 37.5 Å². The number of amides is 1. The maximum absolute atomic E-state index is 12.6. The van der Waals surface area contributed by atoms with Gasteiger partial charge < -0.3 is 4.90 Å². The molecule has 21 heavy (non-hydrogen) atoms. The molecule has 0 aliphatic heterocycles. The fourth-order valence-electron chi connectivity index (χ4n) is 2.18. The van der Waals surface area contributed by atoms with Crippen LogP contribution in [0.4, 0.5) is 0 Å². The molecular formula is C14H19BrN2O3S. The van der Waals surface area contributed by atoms with Gasteiger partial charge in [-0.3, -0.25) is 4.79 Å². The van der Waals surface area contributed by atoms with E-state index in [1.54, 1.807) is 6.07 Å². The third kappa shape index (κ3) is 4.28. The van der Waals surface area contributed by atoms with Gasteiger partial charge in [0.2, 0.25) is 10.0 Å². The van der Waals surface area contributed by atoms with Gasteiger partial charge in [-0.1, -0.05) is 29.3 Å². The Hall–Kier alpha value is -0.920. The fourth-order valence-corrected chi connectivity index (χ4v) is 3.41. The van der Waals surface area contributed by atoms with Gasteiger partial charge in [0.15, 0.2) is 0 Å². The number of carbonyl (C=O) groups excluding carboxylic acids is 1. The Morgan fingerprint density at radius 2 is 2.05 bits per heavy atom. The molecular weight excluding hydrogens is 356 g/mol. The summed E-state index contributed by atoms with van der Waals surface area (Å²) in [5.41, 5.74) is 0.358. The number of nitrogens with two attached hydrogens (primary N) is 1. The smallest absolute Gasteiger partial charge is 0.254 e. The molecule has 7 heteroatoms. The Labute approximate surface area is 133 Å². The summed E-state index contributed by atoms with van der Waals surface area (Å²) in [5, 5.41) is 5.15. The van der Waals surface area contributed by atoms with E-state index in [1.165, 1.54) is 12.1 Å². The highest BCUT2D eigenvalue weighted by Gasteiger charge is 2.32. The first-order valence-electron chi connectivity index (χ1n) is 6.97. The Kier molecular flexibility index (Phi) is 5.06. The predicted octanol–water partition coefficient (Wildman–Crippen LogP) is 2.50. The van der Waals surface area contributed by atoms with E-state index in [-0.39, 0.29) is 10.8 Å². The van der Waals surface area contributed by atoms with Gasteiger partial charge in [-0.25, -0.2) is 13.6 Å². The first-order chi connectivity index (χ1) is 9.82. The molecule has 1 aliphatic rings. The molecule has 0 saturated heterocycles. The average Bonchev–Trinajstić information content (AvgIpc) is 3.22. The van der Waals surface area contributed by atoms with E-state index in [1.807, 2.05) is 4.90 Å². The largest absolute Gasteiger partial charge is 0.336 e. The number of hydrogen-bond donors (Lipinski definition) is 1. The maximum atomic E-state index is 12.6. The zero-order chi connectivity index (χ0) is 15.6. The van der Waals surface area contributed by atoms with Crippen LogP contribution in [0.5, 0.6) is 0 Å². The van der Waals surface area contributed by atoms with Gasteiger partial charge in [0.05, 0.1) is 4.90 Å². The number of carbonyl (C=O) groups is 1. The summed E-state index contributed by atoms with van der Waals surface area (Å²) in [6.07, 6.45) is 3.99. The molecule has 1 amide bonds. The second-order valence-corrected chi connectivity index (χ2v) is 7.78. The lowest BCUT2D eigenvalue weighted by molar-refractivity contribution is 0.0740. The molecule has 1 saturated carbocycles. The Morgan fingerprint density at radius 1 is 1.38 bits per heavy atom. The molecule has 1 fully saturated rings. The summed E-state index contributed by atoms with van der Waals surface area (Å²) in [6.45, 7) is 2.78. The van der Waals surface area contributed by atoms with Crippen LogP contribution in [0.3, 0.4) is 0 Å². The van der Waals surface area contributed by atoms with E-state index in [4.69, 9.17) is 5.14 Å². The minimum Gasteiger partial charge on any atom is -0.336 e. The first kappa shape index (κ1) is 16.5. The number of hydrogen-bond acceptors (Lipinski definition) is 3. The summed E-state index contributed by atoms with van der Waals surface area (Å²) in [7, 11) is -3.83. The molecule has 0 aromatic heterocycles. The zero-order valence-corrected chi connectivity index (χ0v) is 14.3. The zero-order valence-electron chi connectivity index (χ0n) is 11.9. The number of halogens is 1. The van der Waals surface area contributed by atoms with Crippen molar-refractivity contribution in [3.8, 4) is 0 Å².